The second-order valence-electron chi connectivity index (χ2n) is 5.16. The molecule has 0 amide bonds. The average molecular weight is 317 g/mol. The largest absolute Gasteiger partial charge is 0.395 e. The van der Waals surface area contributed by atoms with Crippen molar-refractivity contribution in [1.29, 1.82) is 0 Å². The predicted octanol–water partition coefficient (Wildman–Crippen LogP) is 2.37. The van der Waals surface area contributed by atoms with Gasteiger partial charge in [-0.15, -0.1) is 24.2 Å². The third-order valence-corrected chi connectivity index (χ3v) is 4.65. The predicted molar refractivity (Wildman–Crippen MR) is 88.7 cm³/mol. The zero-order valence-electron chi connectivity index (χ0n) is 11.8. The summed E-state index contributed by atoms with van der Waals surface area (Å²) in [5.41, 5.74) is 6.18. The van der Waals surface area contributed by atoms with Gasteiger partial charge in [0.2, 0.25) is 0 Å². The lowest BCUT2D eigenvalue weighted by Gasteiger charge is -2.22. The highest BCUT2D eigenvalue weighted by atomic mass is 35.5. The summed E-state index contributed by atoms with van der Waals surface area (Å²) in [7, 11) is 0. The maximum Gasteiger partial charge on any atom is 0.0558 e. The van der Waals surface area contributed by atoms with Gasteiger partial charge in [-0.2, -0.15) is 0 Å². The Labute approximate surface area is 132 Å². The summed E-state index contributed by atoms with van der Waals surface area (Å²) >= 11 is 1.82. The highest BCUT2D eigenvalue weighted by Crippen LogP contribution is 2.27. The minimum absolute atomic E-state index is 0. The van der Waals surface area contributed by atoms with Crippen molar-refractivity contribution in [3.05, 3.63) is 30.3 Å². The van der Waals surface area contributed by atoms with Crippen LogP contribution in [0, 0.1) is 0 Å². The van der Waals surface area contributed by atoms with E-state index in [1.807, 2.05) is 17.8 Å². The summed E-state index contributed by atoms with van der Waals surface area (Å²) in [5, 5.41) is 9.05. The fourth-order valence-electron chi connectivity index (χ4n) is 2.18. The molecule has 5 heteroatoms. The topological polar surface area (TPSA) is 49.5 Å². The van der Waals surface area contributed by atoms with Crippen molar-refractivity contribution in [3.63, 3.8) is 0 Å². The fourth-order valence-corrected chi connectivity index (χ4v) is 3.10. The van der Waals surface area contributed by atoms with Crippen LogP contribution in [-0.2, 0) is 0 Å². The molecule has 20 heavy (non-hydrogen) atoms. The van der Waals surface area contributed by atoms with Crippen LogP contribution in [0.3, 0.4) is 0 Å². The maximum absolute atomic E-state index is 9.05. The van der Waals surface area contributed by atoms with Gasteiger partial charge in [0, 0.05) is 35.8 Å². The van der Waals surface area contributed by atoms with E-state index in [0.29, 0.717) is 6.04 Å². The molecular formula is C15H25ClN2OS. The monoisotopic (exact) mass is 316 g/mol. The van der Waals surface area contributed by atoms with Crippen LogP contribution in [0.15, 0.2) is 35.2 Å². The Morgan fingerprint density at radius 2 is 1.95 bits per heavy atom. The number of nitrogens with zero attached hydrogens (tertiary/aromatic N) is 1. The number of hydrogen-bond acceptors (Lipinski definition) is 4. The molecule has 0 saturated heterocycles. The van der Waals surface area contributed by atoms with Gasteiger partial charge in [-0.3, -0.25) is 4.90 Å². The fraction of sp³-hybridized carbons (Fsp3) is 0.600. The number of thioether (sulfide) groups is 1. The van der Waals surface area contributed by atoms with Gasteiger partial charge < -0.3 is 10.8 Å². The molecule has 0 bridgehead atoms. The van der Waals surface area contributed by atoms with E-state index in [4.69, 9.17) is 10.8 Å². The SMILES string of the molecule is Cl.N[C@H](CCN(CCO)C1CC1)CSc1ccccc1. The molecule has 1 aromatic rings. The molecule has 0 aromatic heterocycles. The van der Waals surface area contributed by atoms with Crippen molar-refractivity contribution >= 4 is 24.2 Å². The Kier molecular flexibility index (Phi) is 8.57. The van der Waals surface area contributed by atoms with E-state index < -0.39 is 0 Å². The van der Waals surface area contributed by atoms with E-state index >= 15 is 0 Å². The maximum atomic E-state index is 9.05. The van der Waals surface area contributed by atoms with Crippen molar-refractivity contribution in [1.82, 2.24) is 4.90 Å². The van der Waals surface area contributed by atoms with Crippen LogP contribution in [0.25, 0.3) is 0 Å². The van der Waals surface area contributed by atoms with E-state index in [2.05, 4.69) is 29.2 Å². The summed E-state index contributed by atoms with van der Waals surface area (Å²) in [6.45, 7) is 2.06. The second-order valence-corrected chi connectivity index (χ2v) is 6.26. The molecule has 1 fully saturated rings. The van der Waals surface area contributed by atoms with E-state index in [0.717, 1.165) is 25.3 Å². The summed E-state index contributed by atoms with van der Waals surface area (Å²) in [5.74, 6) is 0.960. The Morgan fingerprint density at radius 1 is 1.25 bits per heavy atom. The van der Waals surface area contributed by atoms with Gasteiger partial charge in [0.1, 0.15) is 0 Å². The van der Waals surface area contributed by atoms with E-state index in [1.165, 1.54) is 17.7 Å². The number of benzene rings is 1. The van der Waals surface area contributed by atoms with Gasteiger partial charge in [0.05, 0.1) is 6.61 Å². The smallest absolute Gasteiger partial charge is 0.0558 e. The number of nitrogens with two attached hydrogens (primary N) is 1. The van der Waals surface area contributed by atoms with E-state index in [9.17, 15) is 0 Å². The van der Waals surface area contributed by atoms with Crippen molar-refractivity contribution in [2.24, 2.45) is 5.73 Å². The number of aliphatic hydroxyl groups excluding tert-OH is 1. The third kappa shape index (κ3) is 6.46. The number of halogens is 1. The molecule has 2 rings (SSSR count). The number of hydrogen-bond donors (Lipinski definition) is 2. The van der Waals surface area contributed by atoms with Crippen molar-refractivity contribution in [2.45, 2.75) is 36.2 Å². The molecular weight excluding hydrogens is 292 g/mol. The zero-order chi connectivity index (χ0) is 13.5. The van der Waals surface area contributed by atoms with Crippen LogP contribution in [0.5, 0.6) is 0 Å². The Balaban J connectivity index is 0.00000200. The molecule has 3 nitrogen and oxygen atoms in total. The molecule has 1 atom stereocenters. The van der Waals surface area contributed by atoms with Crippen LogP contribution >= 0.6 is 24.2 Å². The lowest BCUT2D eigenvalue weighted by Crippen LogP contribution is -2.35. The molecule has 0 heterocycles. The van der Waals surface area contributed by atoms with Crippen molar-refractivity contribution < 1.29 is 5.11 Å². The van der Waals surface area contributed by atoms with Gasteiger partial charge in [0.25, 0.3) is 0 Å². The summed E-state index contributed by atoms with van der Waals surface area (Å²) < 4.78 is 0. The molecule has 3 N–H and O–H groups in total. The molecule has 0 aliphatic heterocycles. The van der Waals surface area contributed by atoms with Crippen LogP contribution in [0.2, 0.25) is 0 Å². The highest BCUT2D eigenvalue weighted by molar-refractivity contribution is 7.99. The Hall–Kier alpha value is -0.260. The first-order chi connectivity index (χ1) is 9.29. The minimum Gasteiger partial charge on any atom is -0.395 e. The first-order valence-corrected chi connectivity index (χ1v) is 8.06. The molecule has 1 aliphatic rings. The highest BCUT2D eigenvalue weighted by Gasteiger charge is 2.28. The standard InChI is InChI=1S/C15H24N2OS.ClH/c16-13(12-19-15-4-2-1-3-5-15)8-9-17(10-11-18)14-6-7-14;/h1-5,13-14,18H,6-12,16H2;1H/t13-;/m1./s1. The number of rotatable bonds is 9. The van der Waals surface area contributed by atoms with Crippen molar-refractivity contribution in [3.8, 4) is 0 Å². The van der Waals surface area contributed by atoms with E-state index in [1.54, 1.807) is 0 Å². The normalized spacial score (nSPS) is 15.9. The molecule has 0 unspecified atom stereocenters. The molecule has 1 saturated carbocycles. The first-order valence-electron chi connectivity index (χ1n) is 7.08. The zero-order valence-corrected chi connectivity index (χ0v) is 13.4. The lowest BCUT2D eigenvalue weighted by atomic mass is 10.2. The van der Waals surface area contributed by atoms with Crippen LogP contribution in [0.1, 0.15) is 19.3 Å². The van der Waals surface area contributed by atoms with Crippen molar-refractivity contribution in [2.75, 3.05) is 25.4 Å². The van der Waals surface area contributed by atoms with Gasteiger partial charge in [0.15, 0.2) is 0 Å². The Bertz CT molecular complexity index is 362. The quantitative estimate of drug-likeness (QED) is 0.687. The molecule has 1 aliphatic carbocycles. The molecule has 114 valence electrons. The molecule has 0 spiro atoms. The lowest BCUT2D eigenvalue weighted by molar-refractivity contribution is 0.185. The summed E-state index contributed by atoms with van der Waals surface area (Å²) in [6, 6.07) is 11.3. The van der Waals surface area contributed by atoms with Crippen LogP contribution < -0.4 is 5.73 Å². The molecule has 1 aromatic carbocycles. The van der Waals surface area contributed by atoms with Crippen LogP contribution in [0.4, 0.5) is 0 Å². The third-order valence-electron chi connectivity index (χ3n) is 3.44. The van der Waals surface area contributed by atoms with E-state index in [-0.39, 0.29) is 25.1 Å². The summed E-state index contributed by atoms with van der Waals surface area (Å²) in [6.07, 6.45) is 3.58. The van der Waals surface area contributed by atoms with Gasteiger partial charge >= 0.3 is 0 Å². The minimum atomic E-state index is 0. The van der Waals surface area contributed by atoms with Gasteiger partial charge in [-0.1, -0.05) is 18.2 Å². The van der Waals surface area contributed by atoms with Crippen LogP contribution in [-0.4, -0.2) is 47.5 Å². The van der Waals surface area contributed by atoms with Gasteiger partial charge in [-0.05, 0) is 31.4 Å². The first kappa shape index (κ1) is 17.8. The Morgan fingerprint density at radius 3 is 2.55 bits per heavy atom. The summed E-state index contributed by atoms with van der Waals surface area (Å²) in [4.78, 5) is 3.67. The average Bonchev–Trinajstić information content (AvgIpc) is 3.27. The number of aliphatic hydroxyl groups is 1. The molecule has 0 radical (unpaired) electrons. The second kappa shape index (κ2) is 9.64. The van der Waals surface area contributed by atoms with Gasteiger partial charge in [-0.25, -0.2) is 0 Å².